The molecule has 170 valence electrons. The zero-order chi connectivity index (χ0) is 22.8. The predicted octanol–water partition coefficient (Wildman–Crippen LogP) is 5.79. The van der Waals surface area contributed by atoms with Crippen LogP contribution in [0.1, 0.15) is 75.1 Å². The second-order valence-corrected chi connectivity index (χ2v) is 9.85. The van der Waals surface area contributed by atoms with Crippen LogP contribution < -0.4 is 5.32 Å². The Bertz CT molecular complexity index is 969. The molecule has 1 fully saturated rings. The summed E-state index contributed by atoms with van der Waals surface area (Å²) in [6.45, 7) is 8.99. The molecule has 0 atom stereocenters. The van der Waals surface area contributed by atoms with Crippen molar-refractivity contribution in [3.8, 4) is 0 Å². The lowest BCUT2D eigenvalue weighted by Gasteiger charge is -2.37. The molecule has 2 aromatic rings. The van der Waals surface area contributed by atoms with E-state index in [2.05, 4.69) is 43.4 Å². The number of oxime groups is 1. The molecule has 1 aliphatic carbocycles. The van der Waals surface area contributed by atoms with Crippen molar-refractivity contribution in [2.75, 3.05) is 0 Å². The van der Waals surface area contributed by atoms with Crippen molar-refractivity contribution < 1.29 is 14.5 Å². The minimum absolute atomic E-state index is 0.0587. The summed E-state index contributed by atoms with van der Waals surface area (Å²) in [6, 6.07) is 16.3. The van der Waals surface area contributed by atoms with Crippen molar-refractivity contribution in [2.24, 2.45) is 5.16 Å². The van der Waals surface area contributed by atoms with Gasteiger partial charge in [-0.3, -0.25) is 0 Å². The van der Waals surface area contributed by atoms with Gasteiger partial charge in [-0.15, -0.1) is 5.06 Å². The van der Waals surface area contributed by atoms with E-state index in [-0.39, 0.29) is 5.41 Å². The Morgan fingerprint density at radius 3 is 2.34 bits per heavy atom. The van der Waals surface area contributed by atoms with Gasteiger partial charge < -0.3 is 15.0 Å². The fraction of sp³-hybridized carbons (Fsp3) is 0.462. The Labute approximate surface area is 190 Å². The van der Waals surface area contributed by atoms with Gasteiger partial charge in [-0.25, -0.2) is 4.79 Å². The van der Waals surface area contributed by atoms with Crippen molar-refractivity contribution in [2.45, 2.75) is 77.5 Å². The van der Waals surface area contributed by atoms with Crippen LogP contribution in [-0.2, 0) is 21.6 Å². The molecule has 32 heavy (non-hydrogen) atoms. The number of carbonyl (C=O) groups is 1. The average molecular weight is 436 g/mol. The van der Waals surface area contributed by atoms with Gasteiger partial charge in [0.05, 0.1) is 0 Å². The number of carbonyl (C=O) groups excluding carboxylic acids is 1. The summed E-state index contributed by atoms with van der Waals surface area (Å²) in [4.78, 5) is 24.5. The lowest BCUT2D eigenvalue weighted by atomic mass is 9.86. The lowest BCUT2D eigenvalue weighted by molar-refractivity contribution is -0.226. The third-order valence-electron chi connectivity index (χ3n) is 6.24. The van der Waals surface area contributed by atoms with Crippen molar-refractivity contribution in [1.82, 2.24) is 10.4 Å². The Balaban J connectivity index is 1.51. The topological polar surface area (TPSA) is 63.2 Å². The fourth-order valence-corrected chi connectivity index (χ4v) is 4.20. The molecule has 0 aromatic heterocycles. The largest absolute Gasteiger partial charge is 0.432 e. The van der Waals surface area contributed by atoms with Gasteiger partial charge in [0.15, 0.2) is 0 Å². The molecule has 6 heteroatoms. The number of nitrogens with one attached hydrogen (secondary N) is 1. The first-order valence-corrected chi connectivity index (χ1v) is 11.5. The smallest absolute Gasteiger partial charge is 0.362 e. The third kappa shape index (κ3) is 4.74. The zero-order valence-corrected chi connectivity index (χ0v) is 19.5. The summed E-state index contributed by atoms with van der Waals surface area (Å²) < 4.78 is 0. The maximum atomic E-state index is 12.7. The number of amides is 1. The summed E-state index contributed by atoms with van der Waals surface area (Å²) in [5.74, 6) is 0.540. The first kappa shape index (κ1) is 22.2. The van der Waals surface area contributed by atoms with Gasteiger partial charge >= 0.3 is 6.09 Å². The first-order chi connectivity index (χ1) is 15.3. The summed E-state index contributed by atoms with van der Waals surface area (Å²) in [5.41, 5.74) is 3.64. The second kappa shape index (κ2) is 8.85. The quantitative estimate of drug-likeness (QED) is 0.660. The maximum absolute atomic E-state index is 12.7. The van der Waals surface area contributed by atoms with Crippen LogP contribution in [0.25, 0.3) is 0 Å². The standard InChI is InChI=1S/C26H33N3O3/c1-19-8-10-20(11-9-19)18-27-24(30)31-29-23(28-32-26(29)16-6-5-7-17-26)21-12-14-22(15-13-21)25(2,3)4/h8-15H,5-7,16-18H2,1-4H3,(H,27,30). The van der Waals surface area contributed by atoms with E-state index >= 15 is 0 Å². The minimum atomic E-state index is -0.725. The number of hydroxylamine groups is 2. The molecular weight excluding hydrogens is 402 g/mol. The van der Waals surface area contributed by atoms with Gasteiger partial charge in [0, 0.05) is 24.9 Å². The summed E-state index contributed by atoms with van der Waals surface area (Å²) in [7, 11) is 0. The van der Waals surface area contributed by atoms with Crippen LogP contribution in [-0.4, -0.2) is 22.7 Å². The molecule has 1 aliphatic heterocycles. The van der Waals surface area contributed by atoms with E-state index in [9.17, 15) is 4.79 Å². The number of hydrogen-bond donors (Lipinski definition) is 1. The Kier molecular flexibility index (Phi) is 6.13. The first-order valence-electron chi connectivity index (χ1n) is 11.5. The molecule has 1 amide bonds. The number of nitrogens with zero attached hydrogens (tertiary/aromatic N) is 2. The van der Waals surface area contributed by atoms with E-state index in [1.54, 1.807) is 5.06 Å². The van der Waals surface area contributed by atoms with Gasteiger partial charge in [-0.1, -0.05) is 86.4 Å². The van der Waals surface area contributed by atoms with Gasteiger partial charge in [-0.2, -0.15) is 0 Å². The van der Waals surface area contributed by atoms with Crippen LogP contribution in [0.2, 0.25) is 0 Å². The van der Waals surface area contributed by atoms with Crippen molar-refractivity contribution in [3.05, 3.63) is 70.8 Å². The second-order valence-electron chi connectivity index (χ2n) is 9.85. The highest BCUT2D eigenvalue weighted by Gasteiger charge is 2.50. The molecule has 2 aromatic carbocycles. The molecule has 1 spiro atoms. The highest BCUT2D eigenvalue weighted by Crippen LogP contribution is 2.40. The van der Waals surface area contributed by atoms with Crippen molar-refractivity contribution >= 4 is 11.9 Å². The van der Waals surface area contributed by atoms with E-state index in [1.807, 2.05) is 43.3 Å². The van der Waals surface area contributed by atoms with Crippen LogP contribution in [0.4, 0.5) is 4.79 Å². The monoisotopic (exact) mass is 435 g/mol. The molecular formula is C26H33N3O3. The maximum Gasteiger partial charge on any atom is 0.432 e. The molecule has 0 saturated heterocycles. The van der Waals surface area contributed by atoms with Crippen LogP contribution in [0.5, 0.6) is 0 Å². The van der Waals surface area contributed by atoms with Crippen LogP contribution in [0.15, 0.2) is 53.7 Å². The molecule has 0 radical (unpaired) electrons. The van der Waals surface area contributed by atoms with Gasteiger partial charge in [0.2, 0.25) is 11.6 Å². The molecule has 1 saturated carbocycles. The van der Waals surface area contributed by atoms with Crippen LogP contribution >= 0.6 is 0 Å². The van der Waals surface area contributed by atoms with Gasteiger partial charge in [0.1, 0.15) is 0 Å². The summed E-state index contributed by atoms with van der Waals surface area (Å²) >= 11 is 0. The van der Waals surface area contributed by atoms with E-state index in [0.717, 1.165) is 43.2 Å². The minimum Gasteiger partial charge on any atom is -0.362 e. The highest BCUT2D eigenvalue weighted by atomic mass is 16.8. The third-order valence-corrected chi connectivity index (χ3v) is 6.24. The normalized spacial score (nSPS) is 17.6. The Hall–Kier alpha value is -3.02. The van der Waals surface area contributed by atoms with E-state index < -0.39 is 11.8 Å². The zero-order valence-electron chi connectivity index (χ0n) is 19.5. The van der Waals surface area contributed by atoms with Crippen LogP contribution in [0, 0.1) is 6.92 Å². The number of amidine groups is 1. The van der Waals surface area contributed by atoms with E-state index in [0.29, 0.717) is 12.4 Å². The molecule has 2 aliphatic rings. The van der Waals surface area contributed by atoms with Crippen molar-refractivity contribution in [3.63, 3.8) is 0 Å². The van der Waals surface area contributed by atoms with Gasteiger partial charge in [-0.05, 0) is 36.3 Å². The summed E-state index contributed by atoms with van der Waals surface area (Å²) in [6.07, 6.45) is 4.19. The Morgan fingerprint density at radius 2 is 1.72 bits per heavy atom. The fourth-order valence-electron chi connectivity index (χ4n) is 4.20. The van der Waals surface area contributed by atoms with Crippen LogP contribution in [0.3, 0.4) is 0 Å². The molecule has 0 unspecified atom stereocenters. The number of hydrogen-bond acceptors (Lipinski definition) is 5. The van der Waals surface area contributed by atoms with E-state index in [1.165, 1.54) is 11.1 Å². The SMILES string of the molecule is Cc1ccc(CNC(=O)ON2C(c3ccc(C(C)(C)C)cc3)=NOC23CCCCC3)cc1. The molecule has 4 rings (SSSR count). The number of benzene rings is 2. The van der Waals surface area contributed by atoms with E-state index in [4.69, 9.17) is 9.68 Å². The van der Waals surface area contributed by atoms with Crippen molar-refractivity contribution in [1.29, 1.82) is 0 Å². The Morgan fingerprint density at radius 1 is 1.06 bits per heavy atom. The number of aryl methyl sites for hydroxylation is 1. The molecule has 6 nitrogen and oxygen atoms in total. The summed E-state index contributed by atoms with van der Waals surface area (Å²) in [5, 5.41) is 8.83. The van der Waals surface area contributed by atoms with Gasteiger partial charge in [0.25, 0.3) is 0 Å². The average Bonchev–Trinajstić information content (AvgIpc) is 3.10. The molecule has 1 heterocycles. The highest BCUT2D eigenvalue weighted by molar-refractivity contribution is 5.99. The molecule has 1 N–H and O–H groups in total. The number of rotatable bonds is 4. The molecule has 0 bridgehead atoms. The lowest BCUT2D eigenvalue weighted by Crippen LogP contribution is -2.52. The predicted molar refractivity (Wildman–Crippen MR) is 125 cm³/mol.